The zero-order valence-corrected chi connectivity index (χ0v) is 22.3. The van der Waals surface area contributed by atoms with Gasteiger partial charge in [-0.25, -0.2) is 0 Å². The molecule has 0 spiro atoms. The van der Waals surface area contributed by atoms with Crippen LogP contribution in [0.4, 0.5) is 0 Å². The Hall–Kier alpha value is -2.51. The highest BCUT2D eigenvalue weighted by Gasteiger charge is 2.50. The van der Waals surface area contributed by atoms with Crippen LogP contribution in [0.25, 0.3) is 0 Å². The lowest BCUT2D eigenvalue weighted by molar-refractivity contribution is 0.0118. The van der Waals surface area contributed by atoms with Crippen LogP contribution in [0, 0.1) is 0 Å². The van der Waals surface area contributed by atoms with Crippen molar-refractivity contribution >= 4 is 35.9 Å². The fourth-order valence-electron chi connectivity index (χ4n) is 4.31. The maximum Gasteiger partial charge on any atom is 0.261 e. The minimum atomic E-state index is -2.66. The maximum absolute atomic E-state index is 7.03. The lowest BCUT2D eigenvalue weighted by atomic mass is 10.2. The summed E-state index contributed by atoms with van der Waals surface area (Å²) in [7, 11) is -1.01. The molecule has 4 nitrogen and oxygen atoms in total. The predicted octanol–water partition coefficient (Wildman–Crippen LogP) is 4.83. The van der Waals surface area contributed by atoms with Crippen LogP contribution in [0.2, 0.25) is 5.04 Å². The summed E-state index contributed by atoms with van der Waals surface area (Å²) in [5.41, 5.74) is 6.99. The SMILES string of the molecule is COc1ccc(CO[C@H](CO[Si](c2ccccc2)(c2ccccc2)C(C)(C)C)CC(N)=S)cc1. The number of thiocarbonyl (C=S) groups is 1. The minimum Gasteiger partial charge on any atom is -0.497 e. The lowest BCUT2D eigenvalue weighted by Crippen LogP contribution is -2.67. The smallest absolute Gasteiger partial charge is 0.261 e. The van der Waals surface area contributed by atoms with E-state index < -0.39 is 8.32 Å². The van der Waals surface area contributed by atoms with Crippen LogP contribution in [-0.2, 0) is 15.8 Å². The van der Waals surface area contributed by atoms with Crippen molar-refractivity contribution < 1.29 is 13.9 Å². The zero-order chi connectivity index (χ0) is 24.6. The van der Waals surface area contributed by atoms with Crippen molar-refractivity contribution in [1.82, 2.24) is 0 Å². The summed E-state index contributed by atoms with van der Waals surface area (Å²) >= 11 is 5.24. The summed E-state index contributed by atoms with van der Waals surface area (Å²) in [4.78, 5) is 0.422. The molecule has 6 heteroatoms. The first-order chi connectivity index (χ1) is 16.3. The highest BCUT2D eigenvalue weighted by Crippen LogP contribution is 2.37. The van der Waals surface area contributed by atoms with Crippen molar-refractivity contribution in [3.63, 3.8) is 0 Å². The Labute approximate surface area is 210 Å². The number of hydrogen-bond acceptors (Lipinski definition) is 4. The maximum atomic E-state index is 7.03. The quantitative estimate of drug-likeness (QED) is 0.306. The van der Waals surface area contributed by atoms with Crippen LogP contribution in [0.5, 0.6) is 5.75 Å². The average molecular weight is 494 g/mol. The van der Waals surface area contributed by atoms with Crippen LogP contribution in [-0.4, -0.2) is 33.1 Å². The number of nitrogens with two attached hydrogens (primary N) is 1. The fraction of sp³-hybridized carbons (Fsp3) is 0.321. The Balaban J connectivity index is 1.89. The molecule has 3 rings (SSSR count). The number of benzene rings is 3. The van der Waals surface area contributed by atoms with Gasteiger partial charge in [-0.1, -0.05) is 106 Å². The molecule has 1 atom stereocenters. The number of rotatable bonds is 11. The number of methoxy groups -OCH3 is 1. The Morgan fingerprint density at radius 2 is 1.41 bits per heavy atom. The summed E-state index contributed by atoms with van der Waals surface area (Å²) in [5.74, 6) is 0.818. The molecular formula is C28H35NO3SSi. The molecule has 0 unspecified atom stereocenters. The minimum absolute atomic E-state index is 0.112. The second-order valence-corrected chi connectivity index (χ2v) is 14.3. The fourth-order valence-corrected chi connectivity index (χ4v) is 9.08. The van der Waals surface area contributed by atoms with Gasteiger partial charge in [-0.15, -0.1) is 0 Å². The first-order valence-corrected chi connectivity index (χ1v) is 13.9. The van der Waals surface area contributed by atoms with Crippen LogP contribution in [0.15, 0.2) is 84.9 Å². The molecule has 0 fully saturated rings. The number of hydrogen-bond donors (Lipinski definition) is 1. The van der Waals surface area contributed by atoms with E-state index in [1.165, 1.54) is 10.4 Å². The van der Waals surface area contributed by atoms with E-state index in [0.717, 1.165) is 11.3 Å². The van der Waals surface area contributed by atoms with Gasteiger partial charge in [-0.3, -0.25) is 0 Å². The van der Waals surface area contributed by atoms with Gasteiger partial charge in [-0.05, 0) is 33.1 Å². The van der Waals surface area contributed by atoms with Crippen molar-refractivity contribution in [2.75, 3.05) is 13.7 Å². The third-order valence-electron chi connectivity index (χ3n) is 5.98. The standard InChI is InChI=1S/C28H35NO3SSi/c1-28(2,3)34(25-11-7-5-8-12-25,26-13-9-6-10-14-26)32-21-24(19-27(29)33)31-20-22-15-17-23(30-4)18-16-22/h5-18,24H,19-21H2,1-4H3,(H2,29,33)/t24-/m0/s1. The topological polar surface area (TPSA) is 53.7 Å². The van der Waals surface area contributed by atoms with Gasteiger partial charge >= 0.3 is 0 Å². The molecule has 0 aliphatic rings. The van der Waals surface area contributed by atoms with Crippen molar-refractivity contribution in [3.05, 3.63) is 90.5 Å². The highest BCUT2D eigenvalue weighted by atomic mass is 32.1. The monoisotopic (exact) mass is 493 g/mol. The van der Waals surface area contributed by atoms with Gasteiger partial charge in [0, 0.05) is 6.42 Å². The van der Waals surface area contributed by atoms with Crippen LogP contribution >= 0.6 is 12.2 Å². The van der Waals surface area contributed by atoms with E-state index in [9.17, 15) is 0 Å². The third-order valence-corrected chi connectivity index (χ3v) is 11.1. The molecule has 0 aliphatic heterocycles. The van der Waals surface area contributed by atoms with Gasteiger partial charge in [0.1, 0.15) is 5.75 Å². The van der Waals surface area contributed by atoms with Crippen molar-refractivity contribution in [2.45, 2.75) is 44.9 Å². The summed E-state index contributed by atoms with van der Waals surface area (Å²) in [6, 6.07) is 29.0. The molecule has 2 N–H and O–H groups in total. The largest absolute Gasteiger partial charge is 0.497 e. The highest BCUT2D eigenvalue weighted by molar-refractivity contribution is 7.80. The van der Waals surface area contributed by atoms with E-state index in [1.54, 1.807) is 7.11 Å². The molecule has 3 aromatic carbocycles. The van der Waals surface area contributed by atoms with E-state index in [0.29, 0.717) is 24.6 Å². The molecule has 0 aromatic heterocycles. The van der Waals surface area contributed by atoms with Crippen LogP contribution < -0.4 is 20.8 Å². The van der Waals surface area contributed by atoms with E-state index in [1.807, 2.05) is 36.4 Å². The second kappa shape index (κ2) is 11.8. The van der Waals surface area contributed by atoms with E-state index in [4.69, 9.17) is 31.9 Å². The zero-order valence-electron chi connectivity index (χ0n) is 20.5. The average Bonchev–Trinajstić information content (AvgIpc) is 2.83. The van der Waals surface area contributed by atoms with Gasteiger partial charge in [0.05, 0.1) is 31.4 Å². The molecule has 0 aliphatic carbocycles. The van der Waals surface area contributed by atoms with Gasteiger partial charge in [-0.2, -0.15) is 0 Å². The first kappa shape index (κ1) is 26.1. The summed E-state index contributed by atoms with van der Waals surface area (Å²) in [6.45, 7) is 7.64. The van der Waals surface area contributed by atoms with Crippen molar-refractivity contribution in [3.8, 4) is 5.75 Å². The van der Waals surface area contributed by atoms with E-state index in [-0.39, 0.29) is 11.1 Å². The molecule has 3 aromatic rings. The number of ether oxygens (including phenoxy) is 2. The van der Waals surface area contributed by atoms with E-state index in [2.05, 4.69) is 69.3 Å². The lowest BCUT2D eigenvalue weighted by Gasteiger charge is -2.43. The second-order valence-electron chi connectivity index (χ2n) is 9.43. The predicted molar refractivity (Wildman–Crippen MR) is 147 cm³/mol. The van der Waals surface area contributed by atoms with Gasteiger partial charge < -0.3 is 19.6 Å². The summed E-state index contributed by atoms with van der Waals surface area (Å²) in [6.07, 6.45) is 0.213. The molecule has 180 valence electrons. The van der Waals surface area contributed by atoms with Gasteiger partial charge in [0.2, 0.25) is 0 Å². The summed E-state index contributed by atoms with van der Waals surface area (Å²) in [5, 5.41) is 2.36. The molecule has 0 heterocycles. The van der Waals surface area contributed by atoms with E-state index >= 15 is 0 Å². The van der Waals surface area contributed by atoms with Gasteiger partial charge in [0.15, 0.2) is 0 Å². The molecule has 0 saturated carbocycles. The first-order valence-electron chi connectivity index (χ1n) is 11.5. The Bertz CT molecular complexity index is 997. The van der Waals surface area contributed by atoms with Crippen molar-refractivity contribution in [1.29, 1.82) is 0 Å². The molecular weight excluding hydrogens is 458 g/mol. The molecule has 0 saturated heterocycles. The van der Waals surface area contributed by atoms with Crippen LogP contribution in [0.1, 0.15) is 32.8 Å². The molecule has 0 amide bonds. The molecule has 34 heavy (non-hydrogen) atoms. The van der Waals surface area contributed by atoms with Crippen molar-refractivity contribution in [2.24, 2.45) is 5.73 Å². The Morgan fingerprint density at radius 3 is 1.85 bits per heavy atom. The Kier molecular flexibility index (Phi) is 9.02. The molecule has 0 bridgehead atoms. The summed E-state index contributed by atoms with van der Waals surface area (Å²) < 4.78 is 18.6. The van der Waals surface area contributed by atoms with Crippen LogP contribution in [0.3, 0.4) is 0 Å². The molecule has 0 radical (unpaired) electrons. The van der Waals surface area contributed by atoms with Gasteiger partial charge in [0.25, 0.3) is 8.32 Å². The normalized spacial score (nSPS) is 12.8. The Morgan fingerprint density at radius 1 is 0.882 bits per heavy atom. The third kappa shape index (κ3) is 6.33.